The molecule has 20 heavy (non-hydrogen) atoms. The minimum absolute atomic E-state index is 1.07. The maximum atomic E-state index is 4.40. The number of hydrogen-bond donors (Lipinski definition) is 0. The van der Waals surface area contributed by atoms with Gasteiger partial charge in [-0.1, -0.05) is 18.7 Å². The Hall–Kier alpha value is -1.61. The molecule has 0 spiro atoms. The van der Waals surface area contributed by atoms with E-state index >= 15 is 0 Å². The number of fused-ring (bicyclic) bond motifs is 1. The minimum Gasteiger partial charge on any atom is -0.371 e. The van der Waals surface area contributed by atoms with Crippen molar-refractivity contribution in [2.75, 3.05) is 13.1 Å². The van der Waals surface area contributed by atoms with Crippen molar-refractivity contribution in [3.63, 3.8) is 0 Å². The van der Waals surface area contributed by atoms with E-state index in [4.69, 9.17) is 0 Å². The first-order chi connectivity index (χ1) is 9.79. The van der Waals surface area contributed by atoms with Crippen LogP contribution < -0.4 is 0 Å². The highest BCUT2D eigenvalue weighted by atomic mass is 32.1. The number of allylic oxidation sites excluding steroid dienone is 2. The maximum absolute atomic E-state index is 4.40. The highest BCUT2D eigenvalue weighted by molar-refractivity contribution is 7.16. The summed E-state index contributed by atoms with van der Waals surface area (Å²) in [7, 11) is 0. The lowest BCUT2D eigenvalue weighted by Gasteiger charge is -2.32. The molecule has 1 saturated heterocycles. The molecule has 0 amide bonds. The quantitative estimate of drug-likeness (QED) is 0.759. The van der Waals surface area contributed by atoms with E-state index in [0.29, 0.717) is 0 Å². The fourth-order valence-electron chi connectivity index (χ4n) is 2.88. The third kappa shape index (κ3) is 2.50. The number of aromatic nitrogens is 1. The second-order valence-corrected chi connectivity index (χ2v) is 6.12. The Balaban J connectivity index is 1.89. The number of nitrogens with zero attached hydrogens (tertiary/aromatic N) is 2. The summed E-state index contributed by atoms with van der Waals surface area (Å²) in [5.74, 6) is 0. The van der Waals surface area contributed by atoms with Crippen molar-refractivity contribution in [3.8, 4) is 0 Å². The summed E-state index contributed by atoms with van der Waals surface area (Å²) < 4.78 is 1.24. The van der Waals surface area contributed by atoms with E-state index < -0.39 is 0 Å². The van der Waals surface area contributed by atoms with E-state index in [0.717, 1.165) is 24.2 Å². The van der Waals surface area contributed by atoms with E-state index in [1.807, 2.05) is 5.51 Å². The highest BCUT2D eigenvalue weighted by Crippen LogP contribution is 2.29. The lowest BCUT2D eigenvalue weighted by atomic mass is 10.0. The summed E-state index contributed by atoms with van der Waals surface area (Å²) in [5, 5.41) is 0. The molecule has 0 bridgehead atoms. The van der Waals surface area contributed by atoms with E-state index in [-0.39, 0.29) is 0 Å². The summed E-state index contributed by atoms with van der Waals surface area (Å²) in [6, 6.07) is 6.47. The molecule has 1 aromatic heterocycles. The molecule has 2 aromatic rings. The van der Waals surface area contributed by atoms with Crippen LogP contribution in [0, 0.1) is 0 Å². The first kappa shape index (κ1) is 13.4. The maximum Gasteiger partial charge on any atom is 0.0818 e. The Morgan fingerprint density at radius 2 is 2.10 bits per heavy atom. The Morgan fingerprint density at radius 3 is 2.85 bits per heavy atom. The van der Waals surface area contributed by atoms with Crippen molar-refractivity contribution >= 4 is 27.1 Å². The van der Waals surface area contributed by atoms with E-state index in [1.54, 1.807) is 11.3 Å². The van der Waals surface area contributed by atoms with Crippen LogP contribution in [0.25, 0.3) is 15.8 Å². The third-order valence-corrected chi connectivity index (χ3v) is 4.77. The summed E-state index contributed by atoms with van der Waals surface area (Å²) in [5.41, 5.74) is 6.55. The molecule has 3 heteroatoms. The molecule has 0 unspecified atom stereocenters. The SMILES string of the molecule is C=C(C(=CC)N1CCCCC1)c1ccc2scnc2c1. The van der Waals surface area contributed by atoms with E-state index in [1.165, 1.54) is 35.2 Å². The molecular weight excluding hydrogens is 264 g/mol. The molecule has 1 aromatic carbocycles. The number of hydrogen-bond acceptors (Lipinski definition) is 3. The summed E-state index contributed by atoms with van der Waals surface area (Å²) in [6.45, 7) is 8.74. The molecular formula is C17H20N2S. The molecule has 0 aliphatic carbocycles. The van der Waals surface area contributed by atoms with Gasteiger partial charge < -0.3 is 4.90 Å². The minimum atomic E-state index is 1.07. The topological polar surface area (TPSA) is 16.1 Å². The van der Waals surface area contributed by atoms with Crippen molar-refractivity contribution in [1.29, 1.82) is 0 Å². The van der Waals surface area contributed by atoms with Gasteiger partial charge in [0.25, 0.3) is 0 Å². The van der Waals surface area contributed by atoms with Gasteiger partial charge in [-0.2, -0.15) is 0 Å². The molecule has 1 aliphatic rings. The molecule has 0 N–H and O–H groups in total. The van der Waals surface area contributed by atoms with Crippen molar-refractivity contribution in [1.82, 2.24) is 9.88 Å². The number of benzene rings is 1. The Bertz CT molecular complexity index is 648. The van der Waals surface area contributed by atoms with Gasteiger partial charge in [0, 0.05) is 18.8 Å². The molecule has 2 heterocycles. The van der Waals surface area contributed by atoms with Gasteiger partial charge in [-0.3, -0.25) is 0 Å². The predicted molar refractivity (Wildman–Crippen MR) is 87.8 cm³/mol. The van der Waals surface area contributed by atoms with Gasteiger partial charge in [0.15, 0.2) is 0 Å². The highest BCUT2D eigenvalue weighted by Gasteiger charge is 2.16. The van der Waals surface area contributed by atoms with Crippen LogP contribution in [-0.2, 0) is 0 Å². The fraction of sp³-hybridized carbons (Fsp3) is 0.353. The molecule has 1 aliphatic heterocycles. The van der Waals surface area contributed by atoms with Gasteiger partial charge >= 0.3 is 0 Å². The van der Waals surface area contributed by atoms with Gasteiger partial charge in [0.05, 0.1) is 15.7 Å². The second-order valence-electron chi connectivity index (χ2n) is 5.24. The van der Waals surface area contributed by atoms with Crippen LogP contribution in [0.15, 0.2) is 42.1 Å². The number of likely N-dealkylation sites (tertiary alicyclic amines) is 1. The third-order valence-electron chi connectivity index (χ3n) is 3.96. The molecule has 1 fully saturated rings. The van der Waals surface area contributed by atoms with Crippen molar-refractivity contribution < 1.29 is 0 Å². The zero-order valence-corrected chi connectivity index (χ0v) is 12.7. The van der Waals surface area contributed by atoms with Crippen LogP contribution in [0.4, 0.5) is 0 Å². The molecule has 0 saturated carbocycles. The van der Waals surface area contributed by atoms with Crippen LogP contribution in [0.5, 0.6) is 0 Å². The lowest BCUT2D eigenvalue weighted by Crippen LogP contribution is -2.29. The largest absolute Gasteiger partial charge is 0.371 e. The van der Waals surface area contributed by atoms with Crippen LogP contribution in [0.2, 0.25) is 0 Å². The number of rotatable bonds is 3. The van der Waals surface area contributed by atoms with Crippen molar-refractivity contribution in [2.24, 2.45) is 0 Å². The van der Waals surface area contributed by atoms with Crippen molar-refractivity contribution in [3.05, 3.63) is 47.6 Å². The smallest absolute Gasteiger partial charge is 0.0818 e. The van der Waals surface area contributed by atoms with E-state index in [2.05, 4.69) is 47.7 Å². The normalized spacial score (nSPS) is 16.6. The Kier molecular flexibility index (Phi) is 3.88. The summed E-state index contributed by atoms with van der Waals surface area (Å²) in [6.07, 6.45) is 6.12. The zero-order chi connectivity index (χ0) is 13.9. The van der Waals surface area contributed by atoms with Gasteiger partial charge in [0.1, 0.15) is 0 Å². The van der Waals surface area contributed by atoms with Crippen molar-refractivity contribution in [2.45, 2.75) is 26.2 Å². The molecule has 0 radical (unpaired) electrons. The number of piperidine rings is 1. The second kappa shape index (κ2) is 5.80. The Labute approximate surface area is 124 Å². The first-order valence-corrected chi connectivity index (χ1v) is 8.11. The first-order valence-electron chi connectivity index (χ1n) is 7.24. The van der Waals surface area contributed by atoms with E-state index in [9.17, 15) is 0 Å². The predicted octanol–water partition coefficient (Wildman–Crippen LogP) is 4.70. The van der Waals surface area contributed by atoms with Crippen LogP contribution in [0.1, 0.15) is 31.7 Å². The molecule has 2 nitrogen and oxygen atoms in total. The average molecular weight is 284 g/mol. The Morgan fingerprint density at radius 1 is 1.30 bits per heavy atom. The van der Waals surface area contributed by atoms with Crippen LogP contribution in [0.3, 0.4) is 0 Å². The van der Waals surface area contributed by atoms with Gasteiger partial charge in [-0.05, 0) is 49.5 Å². The summed E-state index contributed by atoms with van der Waals surface area (Å²) >= 11 is 1.68. The fourth-order valence-corrected chi connectivity index (χ4v) is 3.53. The summed E-state index contributed by atoms with van der Waals surface area (Å²) in [4.78, 5) is 6.87. The van der Waals surface area contributed by atoms with Gasteiger partial charge in [0.2, 0.25) is 0 Å². The van der Waals surface area contributed by atoms with Crippen LogP contribution in [-0.4, -0.2) is 23.0 Å². The molecule has 0 atom stereocenters. The number of thiazole rings is 1. The van der Waals surface area contributed by atoms with Gasteiger partial charge in [-0.25, -0.2) is 4.98 Å². The molecule has 3 rings (SSSR count). The standard InChI is InChI=1S/C17H20N2S/c1-3-16(19-9-5-4-6-10-19)13(2)14-7-8-17-15(11-14)18-12-20-17/h3,7-8,11-12H,2,4-6,9-10H2,1H3. The van der Waals surface area contributed by atoms with Crippen LogP contribution >= 0.6 is 11.3 Å². The average Bonchev–Trinajstić information content (AvgIpc) is 2.96. The monoisotopic (exact) mass is 284 g/mol. The zero-order valence-electron chi connectivity index (χ0n) is 11.9. The molecule has 104 valence electrons. The van der Waals surface area contributed by atoms with Gasteiger partial charge in [-0.15, -0.1) is 11.3 Å². The lowest BCUT2D eigenvalue weighted by molar-refractivity contribution is 0.295.